The zero-order valence-electron chi connectivity index (χ0n) is 17.8. The topological polar surface area (TPSA) is 66.8 Å². The highest BCUT2D eigenvalue weighted by Crippen LogP contribution is 2.54. The van der Waals surface area contributed by atoms with Gasteiger partial charge in [-0.2, -0.15) is 0 Å². The summed E-state index contributed by atoms with van der Waals surface area (Å²) in [6.45, 7) is 0. The van der Waals surface area contributed by atoms with Gasteiger partial charge in [0.05, 0.1) is 6.10 Å². The van der Waals surface area contributed by atoms with Crippen LogP contribution in [-0.4, -0.2) is 15.9 Å². The molecule has 33 heavy (non-hydrogen) atoms. The summed E-state index contributed by atoms with van der Waals surface area (Å²) in [7, 11) is -4.72. The van der Waals surface area contributed by atoms with Gasteiger partial charge in [-0.15, -0.1) is 0 Å². The average Bonchev–Trinajstić information content (AvgIpc) is 3.31. The summed E-state index contributed by atoms with van der Waals surface area (Å²) in [6.07, 6.45) is -0.230. The van der Waals surface area contributed by atoms with Crippen molar-refractivity contribution in [2.24, 2.45) is 0 Å². The van der Waals surface area contributed by atoms with Crippen LogP contribution in [0.3, 0.4) is 0 Å². The monoisotopic (exact) mass is 454 g/mol. The molecule has 0 bridgehead atoms. The van der Waals surface area contributed by atoms with Crippen molar-refractivity contribution in [3.8, 4) is 22.3 Å². The molecular formula is C28H23O4P. The van der Waals surface area contributed by atoms with Crippen LogP contribution in [-0.2, 0) is 9.09 Å². The van der Waals surface area contributed by atoms with Crippen molar-refractivity contribution < 1.29 is 18.9 Å². The van der Waals surface area contributed by atoms with E-state index in [9.17, 15) is 14.4 Å². The second kappa shape index (κ2) is 7.79. The average molecular weight is 454 g/mol. The number of benzene rings is 4. The van der Waals surface area contributed by atoms with E-state index in [1.165, 1.54) is 22.3 Å². The molecule has 0 aliphatic heterocycles. The molecule has 0 saturated heterocycles. The lowest BCUT2D eigenvalue weighted by atomic mass is 9.83. The van der Waals surface area contributed by atoms with Crippen LogP contribution in [0.4, 0.5) is 0 Å². The Labute approximate surface area is 192 Å². The maximum absolute atomic E-state index is 12.2. The van der Waals surface area contributed by atoms with E-state index in [4.69, 9.17) is 4.52 Å². The second-order valence-electron chi connectivity index (χ2n) is 8.75. The molecule has 0 amide bonds. The molecule has 4 nitrogen and oxygen atoms in total. The number of hydrogen-bond acceptors (Lipinski definition) is 2. The lowest BCUT2D eigenvalue weighted by Crippen LogP contribution is -2.24. The Bertz CT molecular complexity index is 1320. The summed E-state index contributed by atoms with van der Waals surface area (Å²) in [5.74, 6) is -0.265. The molecule has 2 aliphatic rings. The lowest BCUT2D eigenvalue weighted by molar-refractivity contribution is 0.113. The Balaban J connectivity index is 1.49. The van der Waals surface area contributed by atoms with Crippen LogP contribution in [0.5, 0.6) is 0 Å². The van der Waals surface area contributed by atoms with Gasteiger partial charge in [-0.25, -0.2) is 4.57 Å². The van der Waals surface area contributed by atoms with Crippen LogP contribution in [0.1, 0.15) is 40.5 Å². The molecule has 0 fully saturated rings. The van der Waals surface area contributed by atoms with Gasteiger partial charge in [0, 0.05) is 11.8 Å². The number of phosphoric acid groups is 1. The van der Waals surface area contributed by atoms with Gasteiger partial charge in [0.2, 0.25) is 0 Å². The Morgan fingerprint density at radius 3 is 1.42 bits per heavy atom. The van der Waals surface area contributed by atoms with Crippen molar-refractivity contribution in [1.82, 2.24) is 0 Å². The maximum Gasteiger partial charge on any atom is 0.469 e. The van der Waals surface area contributed by atoms with E-state index >= 15 is 0 Å². The molecule has 0 radical (unpaired) electrons. The zero-order valence-corrected chi connectivity index (χ0v) is 18.7. The quantitative estimate of drug-likeness (QED) is 0.339. The number of rotatable bonds is 5. The SMILES string of the molecule is O=P(O)(O)OC(CC1c2ccccc2-c2ccccc21)C1c2ccccc2-c2ccccc21. The third-order valence-electron chi connectivity index (χ3n) is 6.96. The number of fused-ring (bicyclic) bond motifs is 6. The van der Waals surface area contributed by atoms with E-state index in [-0.39, 0.29) is 11.8 Å². The van der Waals surface area contributed by atoms with Gasteiger partial charge in [0.25, 0.3) is 0 Å². The minimum absolute atomic E-state index is 0.00567. The van der Waals surface area contributed by atoms with E-state index in [0.29, 0.717) is 6.42 Å². The van der Waals surface area contributed by atoms with E-state index in [1.54, 1.807) is 0 Å². The molecule has 0 saturated carbocycles. The van der Waals surface area contributed by atoms with E-state index in [1.807, 2.05) is 60.7 Å². The van der Waals surface area contributed by atoms with Crippen LogP contribution in [0.2, 0.25) is 0 Å². The molecule has 1 atom stereocenters. The van der Waals surface area contributed by atoms with Gasteiger partial charge in [0.1, 0.15) is 0 Å². The predicted molar refractivity (Wildman–Crippen MR) is 129 cm³/mol. The summed E-state index contributed by atoms with van der Waals surface area (Å²) in [5.41, 5.74) is 9.03. The molecule has 0 aromatic heterocycles. The molecule has 4 aromatic carbocycles. The Morgan fingerprint density at radius 2 is 1.00 bits per heavy atom. The summed E-state index contributed by atoms with van der Waals surface area (Å²) < 4.78 is 17.8. The van der Waals surface area contributed by atoms with Crippen LogP contribution in [0, 0.1) is 0 Å². The van der Waals surface area contributed by atoms with Crippen molar-refractivity contribution in [3.05, 3.63) is 119 Å². The van der Waals surface area contributed by atoms with Gasteiger partial charge >= 0.3 is 7.82 Å². The fourth-order valence-corrected chi connectivity index (χ4v) is 6.32. The second-order valence-corrected chi connectivity index (χ2v) is 9.94. The molecular weight excluding hydrogens is 431 g/mol. The summed E-state index contributed by atoms with van der Waals surface area (Å²) in [4.78, 5) is 19.8. The molecule has 2 N–H and O–H groups in total. The third kappa shape index (κ3) is 3.47. The number of phosphoric ester groups is 1. The Kier molecular flexibility index (Phi) is 4.86. The van der Waals surface area contributed by atoms with Gasteiger partial charge in [0.15, 0.2) is 0 Å². The smallest absolute Gasteiger partial charge is 0.303 e. The van der Waals surface area contributed by atoms with E-state index < -0.39 is 13.9 Å². The zero-order chi connectivity index (χ0) is 22.6. The summed E-state index contributed by atoms with van der Waals surface area (Å²) in [5, 5.41) is 0. The lowest BCUT2D eigenvalue weighted by Gasteiger charge is -2.29. The molecule has 5 heteroatoms. The highest BCUT2D eigenvalue weighted by molar-refractivity contribution is 7.46. The first-order valence-electron chi connectivity index (χ1n) is 11.1. The normalized spacial score (nSPS) is 15.6. The van der Waals surface area contributed by atoms with Gasteiger partial charge < -0.3 is 9.79 Å². The van der Waals surface area contributed by atoms with Crippen molar-refractivity contribution in [1.29, 1.82) is 0 Å². The molecule has 1 unspecified atom stereocenters. The van der Waals surface area contributed by atoms with Crippen LogP contribution < -0.4 is 0 Å². The maximum atomic E-state index is 12.2. The first kappa shape index (κ1) is 20.6. The first-order chi connectivity index (χ1) is 16.0. The number of hydrogen-bond donors (Lipinski definition) is 2. The third-order valence-corrected chi connectivity index (χ3v) is 7.50. The highest BCUT2D eigenvalue weighted by Gasteiger charge is 2.41. The fourth-order valence-electron chi connectivity index (χ4n) is 5.76. The molecule has 6 rings (SSSR count). The summed E-state index contributed by atoms with van der Waals surface area (Å²) >= 11 is 0. The van der Waals surface area contributed by atoms with Crippen LogP contribution in [0.25, 0.3) is 22.3 Å². The summed E-state index contributed by atoms with van der Waals surface area (Å²) in [6, 6.07) is 32.8. The molecule has 2 aliphatic carbocycles. The Morgan fingerprint density at radius 1 is 0.636 bits per heavy atom. The van der Waals surface area contributed by atoms with Crippen LogP contribution in [0.15, 0.2) is 97.1 Å². The van der Waals surface area contributed by atoms with Crippen molar-refractivity contribution >= 4 is 7.82 Å². The van der Waals surface area contributed by atoms with E-state index in [2.05, 4.69) is 36.4 Å². The van der Waals surface area contributed by atoms with Crippen molar-refractivity contribution in [2.75, 3.05) is 0 Å². The molecule has 0 spiro atoms. The largest absolute Gasteiger partial charge is 0.469 e. The fraction of sp³-hybridized carbons (Fsp3) is 0.143. The van der Waals surface area contributed by atoms with Gasteiger partial charge in [-0.3, -0.25) is 4.52 Å². The molecule has 0 heterocycles. The Hall–Kier alpha value is -3.01. The van der Waals surface area contributed by atoms with E-state index in [0.717, 1.165) is 22.3 Å². The minimum Gasteiger partial charge on any atom is -0.303 e. The standard InChI is InChI=1S/C28H23O4P/c29-33(30,31)32-27(28-24-15-7-5-11-20(24)21-12-6-8-16-25(21)28)17-26-22-13-3-1-9-18(22)19-10-2-4-14-23(19)26/h1-16,26-28H,17H2,(H2,29,30,31). The van der Waals surface area contributed by atoms with Gasteiger partial charge in [-0.1, -0.05) is 97.1 Å². The minimum atomic E-state index is -4.72. The van der Waals surface area contributed by atoms with Crippen LogP contribution >= 0.6 is 7.82 Å². The first-order valence-corrected chi connectivity index (χ1v) is 12.6. The molecule has 164 valence electrons. The van der Waals surface area contributed by atoms with Gasteiger partial charge in [-0.05, 0) is 50.9 Å². The predicted octanol–water partition coefficient (Wildman–Crippen LogP) is 6.48. The molecule has 4 aromatic rings. The highest BCUT2D eigenvalue weighted by atomic mass is 31.2. The van der Waals surface area contributed by atoms with Crippen molar-refractivity contribution in [3.63, 3.8) is 0 Å². The van der Waals surface area contributed by atoms with Crippen molar-refractivity contribution in [2.45, 2.75) is 24.4 Å².